The molecule has 146 valence electrons. The molecule has 8 heteroatoms. The summed E-state index contributed by atoms with van der Waals surface area (Å²) in [5.74, 6) is 3.16. The molecule has 1 aromatic carbocycles. The van der Waals surface area contributed by atoms with Gasteiger partial charge in [-0.2, -0.15) is 11.8 Å². The molecule has 1 saturated carbocycles. The van der Waals surface area contributed by atoms with E-state index in [1.165, 1.54) is 19.3 Å². The largest absolute Gasteiger partial charge is 0.492 e. The maximum Gasteiger partial charge on any atom is 0.231 e. The molecule has 6 nitrogen and oxygen atoms in total. The molecule has 0 spiro atoms. The van der Waals surface area contributed by atoms with Gasteiger partial charge in [-0.05, 0) is 44.6 Å². The van der Waals surface area contributed by atoms with E-state index >= 15 is 0 Å². The predicted molar refractivity (Wildman–Crippen MR) is 118 cm³/mol. The molecule has 0 radical (unpaired) electrons. The lowest BCUT2D eigenvalue weighted by Gasteiger charge is -2.17. The molecule has 3 rings (SSSR count). The van der Waals surface area contributed by atoms with Gasteiger partial charge in [-0.25, -0.2) is 4.99 Å². The smallest absolute Gasteiger partial charge is 0.231 e. The van der Waals surface area contributed by atoms with Crippen molar-refractivity contribution in [1.82, 2.24) is 10.6 Å². The number of nitrogens with one attached hydrogen (secondary N) is 2. The maximum atomic E-state index is 5.76. The van der Waals surface area contributed by atoms with Crippen molar-refractivity contribution in [3.63, 3.8) is 0 Å². The lowest BCUT2D eigenvalue weighted by atomic mass is 10.2. The number of aliphatic imine (C=N–C) groups is 1. The first-order chi connectivity index (χ1) is 12.3. The van der Waals surface area contributed by atoms with E-state index < -0.39 is 0 Å². The highest BCUT2D eigenvalue weighted by Gasteiger charge is 2.24. The lowest BCUT2D eigenvalue weighted by molar-refractivity contribution is 0.174. The summed E-state index contributed by atoms with van der Waals surface area (Å²) < 4.78 is 16.4. The number of thioether (sulfide) groups is 1. The molecule has 1 fully saturated rings. The van der Waals surface area contributed by atoms with E-state index in [2.05, 4.69) is 28.8 Å². The van der Waals surface area contributed by atoms with Crippen LogP contribution >= 0.6 is 35.7 Å². The molecule has 26 heavy (non-hydrogen) atoms. The van der Waals surface area contributed by atoms with Gasteiger partial charge in [-0.3, -0.25) is 0 Å². The molecule has 1 aliphatic heterocycles. The van der Waals surface area contributed by atoms with Crippen molar-refractivity contribution in [2.24, 2.45) is 4.99 Å². The molecule has 0 bridgehead atoms. The number of benzene rings is 1. The SMILES string of the molecule is CCNC(=NCCOc1ccc2c(c1)OCO2)NC1CCC(SC)C1.I. The second-order valence-corrected chi connectivity index (χ2v) is 7.27. The number of hydrogen-bond donors (Lipinski definition) is 2. The van der Waals surface area contributed by atoms with E-state index in [0.29, 0.717) is 19.2 Å². The summed E-state index contributed by atoms with van der Waals surface area (Å²) in [6.07, 6.45) is 5.90. The number of nitrogens with zero attached hydrogens (tertiary/aromatic N) is 1. The highest BCUT2D eigenvalue weighted by molar-refractivity contribution is 14.0. The van der Waals surface area contributed by atoms with Crippen LogP contribution in [-0.4, -0.2) is 50.0 Å². The minimum Gasteiger partial charge on any atom is -0.492 e. The number of ether oxygens (including phenoxy) is 3. The zero-order chi connectivity index (χ0) is 17.5. The Morgan fingerprint density at radius 2 is 2.15 bits per heavy atom. The Bertz CT molecular complexity index is 603. The van der Waals surface area contributed by atoms with Gasteiger partial charge in [-0.1, -0.05) is 0 Å². The minimum absolute atomic E-state index is 0. The van der Waals surface area contributed by atoms with Crippen molar-refractivity contribution in [2.45, 2.75) is 37.5 Å². The normalized spacial score (nSPS) is 21.2. The molecule has 2 unspecified atom stereocenters. The van der Waals surface area contributed by atoms with E-state index in [-0.39, 0.29) is 30.8 Å². The minimum atomic E-state index is 0. The molecular weight excluding hydrogens is 465 g/mol. The average molecular weight is 493 g/mol. The van der Waals surface area contributed by atoms with Crippen LogP contribution in [0.5, 0.6) is 17.2 Å². The van der Waals surface area contributed by atoms with Gasteiger partial charge in [0.05, 0.1) is 6.54 Å². The molecule has 2 aliphatic rings. The zero-order valence-corrected chi connectivity index (χ0v) is 18.5. The number of fused-ring (bicyclic) bond motifs is 1. The lowest BCUT2D eigenvalue weighted by Crippen LogP contribution is -2.42. The van der Waals surface area contributed by atoms with E-state index in [1.54, 1.807) is 0 Å². The molecule has 1 aliphatic carbocycles. The van der Waals surface area contributed by atoms with Gasteiger partial charge in [-0.15, -0.1) is 24.0 Å². The monoisotopic (exact) mass is 493 g/mol. The summed E-state index contributed by atoms with van der Waals surface area (Å²) >= 11 is 1.96. The van der Waals surface area contributed by atoms with Crippen LogP contribution in [-0.2, 0) is 0 Å². The molecule has 2 N–H and O–H groups in total. The molecule has 1 aromatic rings. The maximum absolute atomic E-state index is 5.76. The Kier molecular flexibility index (Phi) is 8.97. The van der Waals surface area contributed by atoms with Crippen LogP contribution in [0.2, 0.25) is 0 Å². The third-order valence-electron chi connectivity index (χ3n) is 4.38. The summed E-state index contributed by atoms with van der Waals surface area (Å²) in [4.78, 5) is 4.62. The zero-order valence-electron chi connectivity index (χ0n) is 15.3. The number of rotatable bonds is 7. The van der Waals surface area contributed by atoms with Gasteiger partial charge in [0.25, 0.3) is 0 Å². The summed E-state index contributed by atoms with van der Waals surface area (Å²) in [5, 5.41) is 7.64. The first-order valence-electron chi connectivity index (χ1n) is 8.88. The van der Waals surface area contributed by atoms with Crippen LogP contribution in [0.15, 0.2) is 23.2 Å². The first-order valence-corrected chi connectivity index (χ1v) is 10.2. The van der Waals surface area contributed by atoms with Crippen LogP contribution in [0, 0.1) is 0 Å². The van der Waals surface area contributed by atoms with Crippen molar-refractivity contribution in [3.8, 4) is 17.2 Å². The van der Waals surface area contributed by atoms with E-state index in [1.807, 2.05) is 30.0 Å². The van der Waals surface area contributed by atoms with Gasteiger partial charge < -0.3 is 24.8 Å². The topological polar surface area (TPSA) is 64.1 Å². The van der Waals surface area contributed by atoms with Gasteiger partial charge in [0.2, 0.25) is 6.79 Å². The highest BCUT2D eigenvalue weighted by Crippen LogP contribution is 2.35. The van der Waals surface area contributed by atoms with Crippen LogP contribution in [0.25, 0.3) is 0 Å². The second-order valence-electron chi connectivity index (χ2n) is 6.14. The van der Waals surface area contributed by atoms with E-state index in [4.69, 9.17) is 14.2 Å². The fourth-order valence-corrected chi connectivity index (χ4v) is 3.88. The average Bonchev–Trinajstić information content (AvgIpc) is 3.27. The number of guanidine groups is 1. The summed E-state index contributed by atoms with van der Waals surface area (Å²) in [5.41, 5.74) is 0. The fraction of sp³-hybridized carbons (Fsp3) is 0.611. The summed E-state index contributed by atoms with van der Waals surface area (Å²) in [7, 11) is 0. The van der Waals surface area contributed by atoms with E-state index in [9.17, 15) is 0 Å². The number of hydrogen-bond acceptors (Lipinski definition) is 5. The van der Waals surface area contributed by atoms with Gasteiger partial charge in [0.15, 0.2) is 17.5 Å². The summed E-state index contributed by atoms with van der Waals surface area (Å²) in [6, 6.07) is 6.14. The number of halogens is 1. The Hall–Kier alpha value is -1.03. The van der Waals surface area contributed by atoms with E-state index in [0.717, 1.165) is 35.0 Å². The fourth-order valence-electron chi connectivity index (χ4n) is 3.09. The Morgan fingerprint density at radius 3 is 2.92 bits per heavy atom. The predicted octanol–water partition coefficient (Wildman–Crippen LogP) is 3.25. The molecule has 0 saturated heterocycles. The third-order valence-corrected chi connectivity index (χ3v) is 5.47. The Labute approximate surface area is 176 Å². The third kappa shape index (κ3) is 6.00. The molecule has 1 heterocycles. The molecule has 2 atom stereocenters. The van der Waals surface area contributed by atoms with Gasteiger partial charge in [0, 0.05) is 23.9 Å². The second kappa shape index (κ2) is 11.0. The summed E-state index contributed by atoms with van der Waals surface area (Å²) in [6.45, 7) is 4.34. The Balaban J connectivity index is 0.00000243. The molecular formula is C18H28IN3O3S. The standard InChI is InChI=1S/C18H27N3O3S.HI/c1-3-19-18(21-13-4-6-15(10-13)25-2)20-8-9-22-14-5-7-16-17(11-14)24-12-23-16;/h5,7,11,13,15H,3-4,6,8-10,12H2,1-2H3,(H2,19,20,21);1H. The van der Waals surface area contributed by atoms with Crippen molar-refractivity contribution in [1.29, 1.82) is 0 Å². The van der Waals surface area contributed by atoms with Crippen LogP contribution in [0.1, 0.15) is 26.2 Å². The molecule has 0 aromatic heterocycles. The van der Waals surface area contributed by atoms with Gasteiger partial charge in [0.1, 0.15) is 12.4 Å². The van der Waals surface area contributed by atoms with Crippen LogP contribution in [0.4, 0.5) is 0 Å². The van der Waals surface area contributed by atoms with Crippen LogP contribution < -0.4 is 24.8 Å². The molecule has 0 amide bonds. The van der Waals surface area contributed by atoms with Gasteiger partial charge >= 0.3 is 0 Å². The highest BCUT2D eigenvalue weighted by atomic mass is 127. The first kappa shape index (κ1) is 21.3. The van der Waals surface area contributed by atoms with Crippen molar-refractivity contribution in [2.75, 3.05) is 32.7 Å². The van der Waals surface area contributed by atoms with Crippen molar-refractivity contribution < 1.29 is 14.2 Å². The van der Waals surface area contributed by atoms with Crippen molar-refractivity contribution in [3.05, 3.63) is 18.2 Å². The quantitative estimate of drug-likeness (QED) is 0.263. The van der Waals surface area contributed by atoms with Crippen LogP contribution in [0.3, 0.4) is 0 Å². The Morgan fingerprint density at radius 1 is 1.31 bits per heavy atom. The van der Waals surface area contributed by atoms with Crippen molar-refractivity contribution >= 4 is 41.7 Å².